The molecule has 136 valence electrons. The molecular weight excluding hydrogens is 340 g/mol. The minimum Gasteiger partial charge on any atom is -0.272 e. The maximum absolute atomic E-state index is 12.9. The number of benzene rings is 2. The van der Waals surface area contributed by atoms with Crippen molar-refractivity contribution in [2.75, 3.05) is 6.26 Å². The van der Waals surface area contributed by atoms with Gasteiger partial charge in [0.15, 0.2) is 0 Å². The second-order valence-corrected chi connectivity index (χ2v) is 7.67. The average Bonchev–Trinajstić information content (AvgIpc) is 2.70. The third-order valence-electron chi connectivity index (χ3n) is 5.07. The average molecular weight is 367 g/mol. The highest BCUT2D eigenvalue weighted by Crippen LogP contribution is 2.36. The molecule has 1 fully saturated rings. The summed E-state index contributed by atoms with van der Waals surface area (Å²) in [5.41, 5.74) is 4.86. The number of nitrogens with one attached hydrogen (secondary N) is 1. The predicted molar refractivity (Wildman–Crippen MR) is 110 cm³/mol. The van der Waals surface area contributed by atoms with Gasteiger partial charge in [0.1, 0.15) is 0 Å². The lowest BCUT2D eigenvalue weighted by molar-refractivity contribution is -0.124. The molecule has 26 heavy (non-hydrogen) atoms. The third-order valence-corrected chi connectivity index (χ3v) is 5.81. The molecule has 1 amide bonds. The first-order chi connectivity index (χ1) is 12.8. The molecule has 1 atom stereocenters. The lowest BCUT2D eigenvalue weighted by Gasteiger charge is -2.29. The van der Waals surface area contributed by atoms with Crippen LogP contribution in [0.3, 0.4) is 0 Å². The normalized spacial score (nSPS) is 16.5. The van der Waals surface area contributed by atoms with Gasteiger partial charge in [-0.3, -0.25) is 4.79 Å². The standard InChI is InChI=1S/C22H26N2OS/c1-26-20-14-12-17(13-15-20)16-23-24-22(25)21(18-8-4-2-5-9-18)19-10-6-3-7-11-19/h2,4-5,8-9,12-16,19,21H,3,6-7,10-11H2,1H3,(H,24,25)/b23-16-/t21-/m1/s1. The van der Waals surface area contributed by atoms with Gasteiger partial charge in [-0.05, 0) is 48.3 Å². The molecule has 3 rings (SSSR count). The second kappa shape index (κ2) is 9.58. The van der Waals surface area contributed by atoms with Crippen LogP contribution < -0.4 is 5.43 Å². The van der Waals surface area contributed by atoms with Crippen LogP contribution in [0.25, 0.3) is 0 Å². The van der Waals surface area contributed by atoms with Crippen LogP contribution in [0.2, 0.25) is 0 Å². The fraction of sp³-hybridized carbons (Fsp3) is 0.364. The summed E-state index contributed by atoms with van der Waals surface area (Å²) in [5.74, 6) is 0.287. The zero-order valence-electron chi connectivity index (χ0n) is 15.2. The predicted octanol–water partition coefficient (Wildman–Crippen LogP) is 5.22. The highest BCUT2D eigenvalue weighted by atomic mass is 32.2. The van der Waals surface area contributed by atoms with Gasteiger partial charge in [-0.2, -0.15) is 5.10 Å². The zero-order chi connectivity index (χ0) is 18.2. The first kappa shape index (κ1) is 18.7. The Morgan fingerprint density at radius 3 is 2.42 bits per heavy atom. The van der Waals surface area contributed by atoms with Crippen LogP contribution in [0, 0.1) is 5.92 Å². The topological polar surface area (TPSA) is 41.5 Å². The Labute approximate surface area is 160 Å². The fourth-order valence-electron chi connectivity index (χ4n) is 3.70. The molecule has 1 aliphatic carbocycles. The maximum atomic E-state index is 12.9. The van der Waals surface area contributed by atoms with Crippen molar-refractivity contribution < 1.29 is 4.79 Å². The monoisotopic (exact) mass is 366 g/mol. The van der Waals surface area contributed by atoms with Gasteiger partial charge in [0.05, 0.1) is 12.1 Å². The number of rotatable bonds is 6. The van der Waals surface area contributed by atoms with Gasteiger partial charge in [-0.1, -0.05) is 61.7 Å². The summed E-state index contributed by atoms with van der Waals surface area (Å²) in [6.07, 6.45) is 9.71. The first-order valence-corrected chi connectivity index (χ1v) is 10.5. The Kier molecular flexibility index (Phi) is 6.89. The molecule has 0 radical (unpaired) electrons. The van der Waals surface area contributed by atoms with Crippen molar-refractivity contribution in [2.45, 2.75) is 42.9 Å². The smallest absolute Gasteiger partial charge is 0.247 e. The van der Waals surface area contributed by atoms with E-state index < -0.39 is 0 Å². The van der Waals surface area contributed by atoms with E-state index in [-0.39, 0.29) is 11.8 Å². The minimum atomic E-state index is -0.118. The Balaban J connectivity index is 1.69. The van der Waals surface area contributed by atoms with Crippen LogP contribution in [-0.2, 0) is 4.79 Å². The summed E-state index contributed by atoms with van der Waals surface area (Å²) in [4.78, 5) is 14.1. The van der Waals surface area contributed by atoms with Gasteiger partial charge in [0.2, 0.25) is 5.91 Å². The molecule has 0 bridgehead atoms. The van der Waals surface area contributed by atoms with Crippen LogP contribution in [0.5, 0.6) is 0 Å². The Hall–Kier alpha value is -2.07. The van der Waals surface area contributed by atoms with Crippen LogP contribution in [-0.4, -0.2) is 18.4 Å². The molecule has 0 aliphatic heterocycles. The largest absolute Gasteiger partial charge is 0.272 e. The number of hydrogen-bond acceptors (Lipinski definition) is 3. The molecule has 1 aliphatic rings. The van der Waals surface area contributed by atoms with E-state index >= 15 is 0 Å². The van der Waals surface area contributed by atoms with Crippen molar-refractivity contribution in [1.29, 1.82) is 0 Å². The molecule has 0 saturated heterocycles. The van der Waals surface area contributed by atoms with Gasteiger partial charge in [0.25, 0.3) is 0 Å². The number of nitrogens with zero attached hydrogens (tertiary/aromatic N) is 1. The van der Waals surface area contributed by atoms with E-state index in [1.165, 1.54) is 24.2 Å². The van der Waals surface area contributed by atoms with Crippen molar-refractivity contribution >= 4 is 23.9 Å². The SMILES string of the molecule is CSc1ccc(/C=N\NC(=O)[C@H](c2ccccc2)C2CCCCC2)cc1. The summed E-state index contributed by atoms with van der Waals surface area (Å²) in [6.45, 7) is 0. The molecule has 0 spiro atoms. The van der Waals surface area contributed by atoms with Crippen LogP contribution in [0.15, 0.2) is 64.6 Å². The summed E-state index contributed by atoms with van der Waals surface area (Å²) in [6, 6.07) is 18.3. The lowest BCUT2D eigenvalue weighted by atomic mass is 9.76. The molecular formula is C22H26N2OS. The Morgan fingerprint density at radius 1 is 1.08 bits per heavy atom. The number of carbonyl (C=O) groups is 1. The van der Waals surface area contributed by atoms with E-state index in [1.807, 2.05) is 30.3 Å². The molecule has 1 saturated carbocycles. The van der Waals surface area contributed by atoms with E-state index in [0.717, 1.165) is 24.0 Å². The van der Waals surface area contributed by atoms with Gasteiger partial charge < -0.3 is 0 Å². The molecule has 0 aromatic heterocycles. The highest BCUT2D eigenvalue weighted by molar-refractivity contribution is 7.98. The molecule has 0 heterocycles. The van der Waals surface area contributed by atoms with Crippen molar-refractivity contribution in [3.63, 3.8) is 0 Å². The second-order valence-electron chi connectivity index (χ2n) is 6.79. The van der Waals surface area contributed by atoms with E-state index in [0.29, 0.717) is 5.92 Å². The number of hydrazone groups is 1. The van der Waals surface area contributed by atoms with E-state index in [4.69, 9.17) is 0 Å². The molecule has 2 aromatic carbocycles. The van der Waals surface area contributed by atoms with Crippen LogP contribution in [0.4, 0.5) is 0 Å². The van der Waals surface area contributed by atoms with Crippen molar-refractivity contribution in [3.8, 4) is 0 Å². The van der Waals surface area contributed by atoms with Crippen LogP contribution in [0.1, 0.15) is 49.1 Å². The van der Waals surface area contributed by atoms with Gasteiger partial charge in [-0.25, -0.2) is 5.43 Å². The summed E-state index contributed by atoms with van der Waals surface area (Å²) < 4.78 is 0. The van der Waals surface area contributed by atoms with Crippen LogP contribution >= 0.6 is 11.8 Å². The quantitative estimate of drug-likeness (QED) is 0.432. The van der Waals surface area contributed by atoms with Crippen molar-refractivity contribution in [3.05, 3.63) is 65.7 Å². The first-order valence-electron chi connectivity index (χ1n) is 9.30. The molecule has 2 aromatic rings. The minimum absolute atomic E-state index is 0.0000777. The Morgan fingerprint density at radius 2 is 1.77 bits per heavy atom. The maximum Gasteiger partial charge on any atom is 0.247 e. The van der Waals surface area contributed by atoms with Crippen molar-refractivity contribution in [2.24, 2.45) is 11.0 Å². The van der Waals surface area contributed by atoms with E-state index in [1.54, 1.807) is 18.0 Å². The van der Waals surface area contributed by atoms with E-state index in [2.05, 4.69) is 41.0 Å². The third kappa shape index (κ3) is 4.98. The lowest BCUT2D eigenvalue weighted by Crippen LogP contribution is -2.31. The number of thioether (sulfide) groups is 1. The molecule has 4 heteroatoms. The Bertz CT molecular complexity index is 722. The van der Waals surface area contributed by atoms with Gasteiger partial charge in [-0.15, -0.1) is 11.8 Å². The summed E-state index contributed by atoms with van der Waals surface area (Å²) in [5, 5.41) is 4.21. The summed E-state index contributed by atoms with van der Waals surface area (Å²) >= 11 is 1.71. The van der Waals surface area contributed by atoms with Gasteiger partial charge in [0, 0.05) is 4.90 Å². The number of amides is 1. The number of hydrogen-bond donors (Lipinski definition) is 1. The molecule has 3 nitrogen and oxygen atoms in total. The summed E-state index contributed by atoms with van der Waals surface area (Å²) in [7, 11) is 0. The van der Waals surface area contributed by atoms with E-state index in [9.17, 15) is 4.79 Å². The van der Waals surface area contributed by atoms with Gasteiger partial charge >= 0.3 is 0 Å². The molecule has 0 unspecified atom stereocenters. The number of carbonyl (C=O) groups excluding carboxylic acids is 1. The highest BCUT2D eigenvalue weighted by Gasteiger charge is 2.30. The fourth-order valence-corrected chi connectivity index (χ4v) is 4.10. The van der Waals surface area contributed by atoms with Crippen molar-refractivity contribution in [1.82, 2.24) is 5.43 Å². The zero-order valence-corrected chi connectivity index (χ0v) is 16.0. The molecule has 1 N–H and O–H groups in total.